The molecular weight excluding hydrogens is 344 g/mol. The lowest BCUT2D eigenvalue weighted by molar-refractivity contribution is -0.147. The summed E-state index contributed by atoms with van der Waals surface area (Å²) in [5.41, 5.74) is 1.55. The molecule has 0 bridgehead atoms. The first-order chi connectivity index (χ1) is 12.1. The minimum atomic E-state index is -0.545. The first kappa shape index (κ1) is 17.2. The summed E-state index contributed by atoms with van der Waals surface area (Å²) in [6.45, 7) is 0.0784. The molecule has 1 N–H and O–H groups in total. The van der Waals surface area contributed by atoms with Crippen molar-refractivity contribution >= 4 is 23.2 Å². The first-order valence-corrected chi connectivity index (χ1v) is 8.61. The lowest BCUT2D eigenvalue weighted by Crippen LogP contribution is -2.34. The number of carbonyl (C=O) groups is 2. The standard InChI is InChI=1S/C17H18N2O5S/c1-22-13-5-3-10(7-14(13)23-2)16-18-11(9-25-16)8-24-17(21)12-4-6-15(20)19-12/h3,5,7,9,12H,4,6,8H2,1-2H3,(H,19,20). The molecule has 3 rings (SSSR count). The highest BCUT2D eigenvalue weighted by Crippen LogP contribution is 2.33. The van der Waals surface area contributed by atoms with Gasteiger partial charge in [0.2, 0.25) is 5.91 Å². The van der Waals surface area contributed by atoms with Crippen molar-refractivity contribution in [3.63, 3.8) is 0 Å². The van der Waals surface area contributed by atoms with Gasteiger partial charge in [-0.3, -0.25) is 4.79 Å². The summed E-state index contributed by atoms with van der Waals surface area (Å²) >= 11 is 1.45. The average Bonchev–Trinajstić information content (AvgIpc) is 3.28. The Hall–Kier alpha value is -2.61. The van der Waals surface area contributed by atoms with E-state index in [1.54, 1.807) is 14.2 Å². The summed E-state index contributed by atoms with van der Waals surface area (Å²) in [7, 11) is 3.16. The van der Waals surface area contributed by atoms with Gasteiger partial charge in [-0.05, 0) is 24.6 Å². The molecule has 0 radical (unpaired) electrons. The van der Waals surface area contributed by atoms with E-state index in [9.17, 15) is 9.59 Å². The number of carbonyl (C=O) groups excluding carboxylic acids is 2. The van der Waals surface area contributed by atoms with E-state index in [4.69, 9.17) is 14.2 Å². The largest absolute Gasteiger partial charge is 0.493 e. The number of hydrogen-bond acceptors (Lipinski definition) is 7. The maximum Gasteiger partial charge on any atom is 0.329 e. The Labute approximate surface area is 148 Å². The van der Waals surface area contributed by atoms with E-state index in [2.05, 4.69) is 10.3 Å². The molecule has 8 heteroatoms. The van der Waals surface area contributed by atoms with Crippen LogP contribution < -0.4 is 14.8 Å². The third kappa shape index (κ3) is 3.90. The topological polar surface area (TPSA) is 86.8 Å². The SMILES string of the molecule is COc1ccc(-c2nc(COC(=O)C3CCC(=O)N3)cs2)cc1OC. The number of esters is 1. The average molecular weight is 362 g/mol. The van der Waals surface area contributed by atoms with Gasteiger partial charge in [0.15, 0.2) is 11.5 Å². The van der Waals surface area contributed by atoms with E-state index < -0.39 is 12.0 Å². The van der Waals surface area contributed by atoms with E-state index in [1.807, 2.05) is 23.6 Å². The summed E-state index contributed by atoms with van der Waals surface area (Å²) in [6, 6.07) is 5.01. The van der Waals surface area contributed by atoms with Crippen molar-refractivity contribution < 1.29 is 23.8 Å². The monoisotopic (exact) mass is 362 g/mol. The molecule has 1 amide bonds. The van der Waals surface area contributed by atoms with Crippen LogP contribution in [-0.2, 0) is 20.9 Å². The van der Waals surface area contributed by atoms with E-state index in [-0.39, 0.29) is 12.5 Å². The zero-order chi connectivity index (χ0) is 17.8. The van der Waals surface area contributed by atoms with Crippen LogP contribution in [0.15, 0.2) is 23.6 Å². The maximum atomic E-state index is 11.9. The number of thiazole rings is 1. The summed E-state index contributed by atoms with van der Waals surface area (Å²) in [5, 5.41) is 5.22. The Morgan fingerprint density at radius 1 is 1.32 bits per heavy atom. The molecule has 7 nitrogen and oxygen atoms in total. The lowest BCUT2D eigenvalue weighted by atomic mass is 10.2. The number of rotatable bonds is 6. The van der Waals surface area contributed by atoms with Crippen LogP contribution in [0.1, 0.15) is 18.5 Å². The van der Waals surface area contributed by atoms with E-state index in [0.29, 0.717) is 30.0 Å². The van der Waals surface area contributed by atoms with Crippen LogP contribution in [0.2, 0.25) is 0 Å². The molecule has 0 spiro atoms. The van der Waals surface area contributed by atoms with Gasteiger partial charge >= 0.3 is 5.97 Å². The fourth-order valence-corrected chi connectivity index (χ4v) is 3.31. The zero-order valence-corrected chi connectivity index (χ0v) is 14.7. The Balaban J connectivity index is 1.64. The zero-order valence-electron chi connectivity index (χ0n) is 13.9. The molecule has 0 aliphatic carbocycles. The molecule has 1 saturated heterocycles. The predicted octanol–water partition coefficient (Wildman–Crippen LogP) is 2.15. The molecule has 1 unspecified atom stereocenters. The summed E-state index contributed by atoms with van der Waals surface area (Å²) < 4.78 is 15.8. The number of methoxy groups -OCH3 is 2. The number of aromatic nitrogens is 1. The van der Waals surface area contributed by atoms with Crippen LogP contribution in [0, 0.1) is 0 Å². The van der Waals surface area contributed by atoms with Crippen molar-refractivity contribution in [2.24, 2.45) is 0 Å². The fourth-order valence-electron chi connectivity index (χ4n) is 2.51. The molecule has 1 fully saturated rings. The van der Waals surface area contributed by atoms with Gasteiger partial charge in [0.25, 0.3) is 0 Å². The Morgan fingerprint density at radius 3 is 2.80 bits per heavy atom. The van der Waals surface area contributed by atoms with Gasteiger partial charge in [0.1, 0.15) is 17.7 Å². The second kappa shape index (κ2) is 7.52. The maximum absolute atomic E-state index is 11.9. The normalized spacial score (nSPS) is 16.4. The third-order valence-corrected chi connectivity index (χ3v) is 4.76. The van der Waals surface area contributed by atoms with Crippen LogP contribution in [0.5, 0.6) is 11.5 Å². The summed E-state index contributed by atoms with van der Waals surface area (Å²) in [5.74, 6) is 0.730. The number of nitrogens with zero attached hydrogens (tertiary/aromatic N) is 1. The Kier molecular flexibility index (Phi) is 5.18. The third-order valence-electron chi connectivity index (χ3n) is 3.82. The highest BCUT2D eigenvalue weighted by atomic mass is 32.1. The van der Waals surface area contributed by atoms with Crippen molar-refractivity contribution in [2.45, 2.75) is 25.5 Å². The van der Waals surface area contributed by atoms with Gasteiger partial charge in [0, 0.05) is 17.4 Å². The number of ether oxygens (including phenoxy) is 3. The van der Waals surface area contributed by atoms with E-state index in [0.717, 1.165) is 10.6 Å². The Bertz CT molecular complexity index is 789. The van der Waals surface area contributed by atoms with Crippen molar-refractivity contribution in [3.05, 3.63) is 29.3 Å². The Morgan fingerprint density at radius 2 is 2.12 bits per heavy atom. The minimum absolute atomic E-state index is 0.0784. The van der Waals surface area contributed by atoms with E-state index in [1.165, 1.54) is 11.3 Å². The van der Waals surface area contributed by atoms with Crippen LogP contribution >= 0.6 is 11.3 Å². The van der Waals surface area contributed by atoms with Gasteiger partial charge in [0.05, 0.1) is 19.9 Å². The van der Waals surface area contributed by atoms with Crippen LogP contribution in [0.25, 0.3) is 10.6 Å². The fraction of sp³-hybridized carbons (Fsp3) is 0.353. The quantitative estimate of drug-likeness (QED) is 0.793. The van der Waals surface area contributed by atoms with Crippen LogP contribution in [0.4, 0.5) is 0 Å². The van der Waals surface area contributed by atoms with Crippen molar-refractivity contribution in [2.75, 3.05) is 14.2 Å². The van der Waals surface area contributed by atoms with E-state index >= 15 is 0 Å². The molecule has 25 heavy (non-hydrogen) atoms. The van der Waals surface area contributed by atoms with Gasteiger partial charge < -0.3 is 19.5 Å². The lowest BCUT2D eigenvalue weighted by Gasteiger charge is -2.09. The van der Waals surface area contributed by atoms with Crippen LogP contribution in [-0.4, -0.2) is 37.1 Å². The first-order valence-electron chi connectivity index (χ1n) is 7.73. The number of amides is 1. The second-order valence-electron chi connectivity index (χ2n) is 5.48. The highest BCUT2D eigenvalue weighted by Gasteiger charge is 2.28. The molecular formula is C17H18N2O5S. The number of benzene rings is 1. The smallest absolute Gasteiger partial charge is 0.329 e. The minimum Gasteiger partial charge on any atom is -0.493 e. The molecule has 2 heterocycles. The predicted molar refractivity (Wildman–Crippen MR) is 91.6 cm³/mol. The summed E-state index contributed by atoms with van der Waals surface area (Å²) in [4.78, 5) is 27.5. The molecule has 1 aliphatic rings. The van der Waals surface area contributed by atoms with Crippen molar-refractivity contribution in [3.8, 4) is 22.1 Å². The molecule has 0 saturated carbocycles. The number of nitrogens with one attached hydrogen (secondary N) is 1. The van der Waals surface area contributed by atoms with Crippen LogP contribution in [0.3, 0.4) is 0 Å². The number of hydrogen-bond donors (Lipinski definition) is 1. The van der Waals surface area contributed by atoms with Gasteiger partial charge in [-0.2, -0.15) is 0 Å². The van der Waals surface area contributed by atoms with Crippen molar-refractivity contribution in [1.29, 1.82) is 0 Å². The molecule has 1 aromatic heterocycles. The summed E-state index contributed by atoms with van der Waals surface area (Å²) in [6.07, 6.45) is 0.839. The molecule has 1 aliphatic heterocycles. The van der Waals surface area contributed by atoms with Gasteiger partial charge in [-0.15, -0.1) is 11.3 Å². The van der Waals surface area contributed by atoms with Gasteiger partial charge in [-0.1, -0.05) is 0 Å². The molecule has 1 aromatic carbocycles. The highest BCUT2D eigenvalue weighted by molar-refractivity contribution is 7.13. The molecule has 2 aromatic rings. The second-order valence-corrected chi connectivity index (χ2v) is 6.34. The van der Waals surface area contributed by atoms with Crippen molar-refractivity contribution in [1.82, 2.24) is 10.3 Å². The molecule has 132 valence electrons. The molecule has 1 atom stereocenters. The van der Waals surface area contributed by atoms with Gasteiger partial charge in [-0.25, -0.2) is 9.78 Å².